The van der Waals surface area contributed by atoms with Crippen LogP contribution in [-0.2, 0) is 0 Å². The Hall–Kier alpha value is -2.58. The van der Waals surface area contributed by atoms with E-state index in [-0.39, 0.29) is 6.04 Å². The summed E-state index contributed by atoms with van der Waals surface area (Å²) in [5.74, 6) is 0.318. The average molecular weight is 388 g/mol. The molecule has 0 heterocycles. The Morgan fingerprint density at radius 3 is 2.38 bits per heavy atom. The van der Waals surface area contributed by atoms with E-state index in [2.05, 4.69) is 80.3 Å². The molecule has 0 aliphatic heterocycles. The Labute approximate surface area is 175 Å². The van der Waals surface area contributed by atoms with Gasteiger partial charge in [0.1, 0.15) is 5.75 Å². The van der Waals surface area contributed by atoms with Crippen molar-refractivity contribution in [3.63, 3.8) is 0 Å². The summed E-state index contributed by atoms with van der Waals surface area (Å²) < 4.78 is 0. The summed E-state index contributed by atoms with van der Waals surface area (Å²) in [6, 6.07) is 19.1. The van der Waals surface area contributed by atoms with E-state index < -0.39 is 0 Å². The first-order chi connectivity index (χ1) is 14.1. The lowest BCUT2D eigenvalue weighted by molar-refractivity contribution is 0.169. The van der Waals surface area contributed by atoms with E-state index in [0.717, 1.165) is 25.8 Å². The van der Waals surface area contributed by atoms with Gasteiger partial charge >= 0.3 is 0 Å². The summed E-state index contributed by atoms with van der Waals surface area (Å²) in [6.07, 6.45) is 12.6. The van der Waals surface area contributed by atoms with Gasteiger partial charge in [0.2, 0.25) is 0 Å². The highest BCUT2D eigenvalue weighted by Gasteiger charge is 2.20. The zero-order valence-corrected chi connectivity index (χ0v) is 17.9. The molecule has 1 aliphatic rings. The van der Waals surface area contributed by atoms with Crippen molar-refractivity contribution in [1.29, 1.82) is 0 Å². The second kappa shape index (κ2) is 10.3. The lowest BCUT2D eigenvalue weighted by Crippen LogP contribution is -2.35. The van der Waals surface area contributed by atoms with Gasteiger partial charge in [0, 0.05) is 18.6 Å². The van der Waals surface area contributed by atoms with E-state index in [0.29, 0.717) is 11.8 Å². The molecule has 0 aromatic heterocycles. The Kier molecular flexibility index (Phi) is 7.48. The van der Waals surface area contributed by atoms with Crippen LogP contribution in [0.3, 0.4) is 0 Å². The predicted octanol–water partition coefficient (Wildman–Crippen LogP) is 6.91. The SMILES string of the molecule is CC[C@@H](C)N(C/C=C(\C1=CCCC=C1)c1ccccc1)[C@H](C)c1ccc(O)cc1. The highest BCUT2D eigenvalue weighted by Crippen LogP contribution is 2.29. The van der Waals surface area contributed by atoms with Crippen molar-refractivity contribution in [3.8, 4) is 5.75 Å². The van der Waals surface area contributed by atoms with Crippen LogP contribution >= 0.6 is 0 Å². The third-order valence-electron chi connectivity index (χ3n) is 5.93. The first kappa shape index (κ1) is 21.1. The number of nitrogens with zero attached hydrogens (tertiary/aromatic N) is 1. The smallest absolute Gasteiger partial charge is 0.115 e. The number of benzene rings is 2. The van der Waals surface area contributed by atoms with Crippen LogP contribution in [0, 0.1) is 0 Å². The molecule has 0 radical (unpaired) electrons. The summed E-state index contributed by atoms with van der Waals surface area (Å²) in [7, 11) is 0. The molecule has 2 aromatic rings. The molecule has 29 heavy (non-hydrogen) atoms. The molecule has 0 saturated carbocycles. The predicted molar refractivity (Wildman–Crippen MR) is 124 cm³/mol. The molecule has 2 atom stereocenters. The minimum absolute atomic E-state index is 0.273. The van der Waals surface area contributed by atoms with Crippen molar-refractivity contribution < 1.29 is 5.11 Å². The molecule has 0 unspecified atom stereocenters. The first-order valence-corrected chi connectivity index (χ1v) is 10.8. The highest BCUT2D eigenvalue weighted by molar-refractivity contribution is 5.82. The fourth-order valence-corrected chi connectivity index (χ4v) is 3.93. The van der Waals surface area contributed by atoms with Crippen molar-refractivity contribution in [2.24, 2.45) is 0 Å². The molecule has 0 spiro atoms. The van der Waals surface area contributed by atoms with Crippen LogP contribution in [0.25, 0.3) is 5.57 Å². The van der Waals surface area contributed by atoms with Gasteiger partial charge in [-0.1, -0.05) is 73.7 Å². The quantitative estimate of drug-likeness (QED) is 0.532. The van der Waals surface area contributed by atoms with Gasteiger partial charge in [0.15, 0.2) is 0 Å². The van der Waals surface area contributed by atoms with E-state index in [1.807, 2.05) is 12.1 Å². The molecule has 0 amide bonds. The molecule has 1 N–H and O–H groups in total. The van der Waals surface area contributed by atoms with Crippen LogP contribution in [0.5, 0.6) is 5.75 Å². The number of allylic oxidation sites excluding steroid dienone is 5. The number of phenolic OH excluding ortho intramolecular Hbond substituents is 1. The maximum Gasteiger partial charge on any atom is 0.115 e. The molecular formula is C27H33NO. The van der Waals surface area contributed by atoms with Gasteiger partial charge in [-0.25, -0.2) is 0 Å². The van der Waals surface area contributed by atoms with Crippen molar-refractivity contribution in [2.45, 2.75) is 52.1 Å². The average Bonchev–Trinajstić information content (AvgIpc) is 2.77. The Balaban J connectivity index is 1.91. The van der Waals surface area contributed by atoms with Crippen molar-refractivity contribution >= 4 is 5.57 Å². The molecular weight excluding hydrogens is 354 g/mol. The Bertz CT molecular complexity index is 861. The van der Waals surface area contributed by atoms with Crippen LogP contribution in [0.15, 0.2) is 84.5 Å². The van der Waals surface area contributed by atoms with E-state index in [9.17, 15) is 5.11 Å². The number of hydrogen-bond acceptors (Lipinski definition) is 2. The molecule has 3 rings (SSSR count). The largest absolute Gasteiger partial charge is 0.508 e. The van der Waals surface area contributed by atoms with E-state index in [1.165, 1.54) is 22.3 Å². The number of hydrogen-bond donors (Lipinski definition) is 1. The van der Waals surface area contributed by atoms with E-state index in [4.69, 9.17) is 0 Å². The summed E-state index contributed by atoms with van der Waals surface area (Å²) in [6.45, 7) is 7.68. The van der Waals surface area contributed by atoms with Crippen LogP contribution in [0.1, 0.15) is 57.2 Å². The summed E-state index contributed by atoms with van der Waals surface area (Å²) >= 11 is 0. The summed E-state index contributed by atoms with van der Waals surface area (Å²) in [5.41, 5.74) is 5.14. The van der Waals surface area contributed by atoms with Crippen LogP contribution in [0.2, 0.25) is 0 Å². The second-order valence-corrected chi connectivity index (χ2v) is 7.84. The minimum Gasteiger partial charge on any atom is -0.508 e. The highest BCUT2D eigenvalue weighted by atomic mass is 16.3. The standard InChI is InChI=1S/C27H33NO/c1-4-21(2)28(22(3)23-15-17-26(29)18-16-23)20-19-27(24-11-7-5-8-12-24)25-13-9-6-10-14-25/h5,7-9,11-19,21-22,29H,4,6,10,20H2,1-3H3/b27-19-/t21-,22-/m1/s1. The Morgan fingerprint density at radius 1 is 1.03 bits per heavy atom. The monoisotopic (exact) mass is 387 g/mol. The normalized spacial score (nSPS) is 16.6. The fourth-order valence-electron chi connectivity index (χ4n) is 3.93. The van der Waals surface area contributed by atoms with E-state index in [1.54, 1.807) is 12.1 Å². The zero-order chi connectivity index (χ0) is 20.6. The summed E-state index contributed by atoms with van der Waals surface area (Å²) in [5, 5.41) is 9.64. The third-order valence-corrected chi connectivity index (χ3v) is 5.93. The van der Waals surface area contributed by atoms with Gasteiger partial charge in [-0.15, -0.1) is 0 Å². The topological polar surface area (TPSA) is 23.5 Å². The Morgan fingerprint density at radius 2 is 1.76 bits per heavy atom. The van der Waals surface area contributed by atoms with Crippen molar-refractivity contribution in [2.75, 3.05) is 6.54 Å². The zero-order valence-electron chi connectivity index (χ0n) is 17.9. The van der Waals surface area contributed by atoms with Crippen molar-refractivity contribution in [1.82, 2.24) is 4.90 Å². The third kappa shape index (κ3) is 5.48. The number of aromatic hydroxyl groups is 1. The molecule has 0 saturated heterocycles. The van der Waals surface area contributed by atoms with Gasteiger partial charge in [0.05, 0.1) is 0 Å². The van der Waals surface area contributed by atoms with Crippen molar-refractivity contribution in [3.05, 3.63) is 95.6 Å². The molecule has 1 aliphatic carbocycles. The van der Waals surface area contributed by atoms with Gasteiger partial charge in [-0.2, -0.15) is 0 Å². The van der Waals surface area contributed by atoms with Gasteiger partial charge in [0.25, 0.3) is 0 Å². The molecule has 0 bridgehead atoms. The molecule has 0 fully saturated rings. The molecule has 152 valence electrons. The van der Waals surface area contributed by atoms with Gasteiger partial charge in [-0.05, 0) is 67.5 Å². The van der Waals surface area contributed by atoms with Gasteiger partial charge in [-0.3, -0.25) is 4.90 Å². The molecule has 2 nitrogen and oxygen atoms in total. The second-order valence-electron chi connectivity index (χ2n) is 7.84. The summed E-state index contributed by atoms with van der Waals surface area (Å²) in [4.78, 5) is 2.54. The van der Waals surface area contributed by atoms with Gasteiger partial charge < -0.3 is 5.11 Å². The van der Waals surface area contributed by atoms with Crippen LogP contribution in [0.4, 0.5) is 0 Å². The number of rotatable bonds is 8. The minimum atomic E-state index is 0.273. The lowest BCUT2D eigenvalue weighted by atomic mass is 9.93. The lowest BCUT2D eigenvalue weighted by Gasteiger charge is -2.34. The first-order valence-electron chi connectivity index (χ1n) is 10.8. The number of phenols is 1. The van der Waals surface area contributed by atoms with E-state index >= 15 is 0 Å². The molecule has 2 aromatic carbocycles. The maximum atomic E-state index is 9.64. The maximum absolute atomic E-state index is 9.64. The molecule has 2 heteroatoms. The van der Waals surface area contributed by atoms with Crippen LogP contribution in [-0.4, -0.2) is 22.6 Å². The fraction of sp³-hybridized carbons (Fsp3) is 0.333. The van der Waals surface area contributed by atoms with Crippen LogP contribution < -0.4 is 0 Å².